The molecule has 1 fully saturated rings. The Morgan fingerprint density at radius 3 is 2.28 bits per heavy atom. The number of carbonyl (C=O) groups excluding carboxylic acids is 1. The van der Waals surface area contributed by atoms with Gasteiger partial charge in [-0.05, 0) is 51.9 Å². The van der Waals surface area contributed by atoms with Crippen LogP contribution in [-0.4, -0.2) is 64.1 Å². The van der Waals surface area contributed by atoms with Gasteiger partial charge >= 0.3 is 13.4 Å². The SMILES string of the molecule is CC/C=C\C/C=C\C/C=C\C/C=C\C/C=C\CCCC(=O)NCCNP(=O)(OCC)OC[C@H]1OC(n2cnc(N)nc2=O)C[C@@H]1O. The molecular formula is C32H51N6O7P. The third kappa shape index (κ3) is 16.4. The predicted molar refractivity (Wildman–Crippen MR) is 180 cm³/mol. The van der Waals surface area contributed by atoms with Crippen LogP contribution in [0.1, 0.15) is 77.9 Å². The molecule has 5 N–H and O–H groups in total. The van der Waals surface area contributed by atoms with E-state index in [1.54, 1.807) is 6.92 Å². The van der Waals surface area contributed by atoms with Crippen LogP contribution in [0, 0.1) is 0 Å². The van der Waals surface area contributed by atoms with Gasteiger partial charge in [0.15, 0.2) is 0 Å². The second kappa shape index (κ2) is 23.2. The maximum atomic E-state index is 13.1. The molecule has 1 aliphatic heterocycles. The minimum atomic E-state index is -3.75. The number of nitrogens with two attached hydrogens (primary N) is 1. The molecular weight excluding hydrogens is 611 g/mol. The summed E-state index contributed by atoms with van der Waals surface area (Å²) < 4.78 is 30.7. The summed E-state index contributed by atoms with van der Waals surface area (Å²) in [5.74, 6) is -0.266. The van der Waals surface area contributed by atoms with Gasteiger partial charge in [0.1, 0.15) is 18.7 Å². The van der Waals surface area contributed by atoms with Crippen molar-refractivity contribution >= 4 is 19.6 Å². The first-order chi connectivity index (χ1) is 22.3. The number of hydrogen-bond acceptors (Lipinski definition) is 10. The van der Waals surface area contributed by atoms with Crippen LogP contribution in [0.2, 0.25) is 0 Å². The number of anilines is 1. The molecule has 4 atom stereocenters. The Balaban J connectivity index is 1.56. The van der Waals surface area contributed by atoms with Crippen LogP contribution in [0.5, 0.6) is 0 Å². The highest BCUT2D eigenvalue weighted by molar-refractivity contribution is 7.51. The van der Waals surface area contributed by atoms with E-state index in [1.165, 1.54) is 6.33 Å². The average Bonchev–Trinajstić information content (AvgIpc) is 3.39. The van der Waals surface area contributed by atoms with Crippen molar-refractivity contribution in [1.29, 1.82) is 0 Å². The molecule has 13 nitrogen and oxygen atoms in total. The molecule has 2 heterocycles. The van der Waals surface area contributed by atoms with Crippen molar-refractivity contribution in [3.05, 3.63) is 77.6 Å². The van der Waals surface area contributed by atoms with Crippen LogP contribution < -0.4 is 21.8 Å². The highest BCUT2D eigenvalue weighted by atomic mass is 31.2. The molecule has 1 aromatic heterocycles. The van der Waals surface area contributed by atoms with Gasteiger partial charge < -0.3 is 20.9 Å². The minimum absolute atomic E-state index is 0.0840. The lowest BCUT2D eigenvalue weighted by molar-refractivity contribution is -0.121. The van der Waals surface area contributed by atoms with Crippen LogP contribution >= 0.6 is 7.75 Å². The lowest BCUT2D eigenvalue weighted by atomic mass is 10.2. The molecule has 2 unspecified atom stereocenters. The fraction of sp³-hybridized carbons (Fsp3) is 0.562. The largest absolute Gasteiger partial charge is 0.405 e. The maximum Gasteiger partial charge on any atom is 0.405 e. The van der Waals surface area contributed by atoms with E-state index in [2.05, 4.69) is 88.1 Å². The van der Waals surface area contributed by atoms with Gasteiger partial charge in [0.2, 0.25) is 11.9 Å². The van der Waals surface area contributed by atoms with Crippen molar-refractivity contribution in [2.24, 2.45) is 0 Å². The van der Waals surface area contributed by atoms with Crippen LogP contribution in [-0.2, 0) is 23.1 Å². The van der Waals surface area contributed by atoms with Gasteiger partial charge in [0.25, 0.3) is 0 Å². The Bertz CT molecular complexity index is 1280. The third-order valence-corrected chi connectivity index (χ3v) is 8.35. The molecule has 1 saturated heterocycles. The molecule has 0 radical (unpaired) electrons. The number of rotatable bonds is 23. The number of ether oxygens (including phenoxy) is 1. The van der Waals surface area contributed by atoms with Crippen molar-refractivity contribution in [2.75, 3.05) is 32.0 Å². The Hall–Kier alpha value is -3.19. The highest BCUT2D eigenvalue weighted by Gasteiger charge is 2.38. The summed E-state index contributed by atoms with van der Waals surface area (Å²) in [5.41, 5.74) is 4.75. The van der Waals surface area contributed by atoms with E-state index < -0.39 is 31.9 Å². The summed E-state index contributed by atoms with van der Waals surface area (Å²) in [7, 11) is -3.75. The van der Waals surface area contributed by atoms with E-state index in [-0.39, 0.29) is 44.6 Å². The van der Waals surface area contributed by atoms with Gasteiger partial charge in [-0.25, -0.2) is 19.4 Å². The number of hydrogen-bond donors (Lipinski definition) is 4. The fourth-order valence-corrected chi connectivity index (χ4v) is 5.62. The summed E-state index contributed by atoms with van der Waals surface area (Å²) >= 11 is 0. The molecule has 0 saturated carbocycles. The van der Waals surface area contributed by atoms with Gasteiger partial charge in [0.05, 0.1) is 19.3 Å². The normalized spacial score (nSPS) is 20.2. The lowest BCUT2D eigenvalue weighted by Gasteiger charge is -2.22. The van der Waals surface area contributed by atoms with Crippen molar-refractivity contribution in [2.45, 2.75) is 90.1 Å². The Kier molecular flexibility index (Phi) is 19.6. The number of carbonyl (C=O) groups is 1. The second-order valence-corrected chi connectivity index (χ2v) is 12.2. The summed E-state index contributed by atoms with van der Waals surface area (Å²) in [6, 6.07) is 0. The van der Waals surface area contributed by atoms with E-state index in [1.807, 2.05) is 0 Å². The molecule has 1 aromatic rings. The molecule has 0 bridgehead atoms. The molecule has 1 amide bonds. The van der Waals surface area contributed by atoms with Gasteiger partial charge in [-0.3, -0.25) is 18.4 Å². The first kappa shape index (κ1) is 39.0. The van der Waals surface area contributed by atoms with E-state index in [0.29, 0.717) is 6.42 Å². The lowest BCUT2D eigenvalue weighted by Crippen LogP contribution is -2.32. The zero-order valence-corrected chi connectivity index (χ0v) is 27.9. The highest BCUT2D eigenvalue weighted by Crippen LogP contribution is 2.44. The van der Waals surface area contributed by atoms with Gasteiger partial charge in [0, 0.05) is 25.9 Å². The number of aliphatic hydroxyl groups is 1. The number of aromatic nitrogens is 3. The zero-order valence-electron chi connectivity index (χ0n) is 27.0. The Morgan fingerprint density at radius 1 is 1.04 bits per heavy atom. The number of nitrogens with zero attached hydrogens (tertiary/aromatic N) is 3. The third-order valence-electron chi connectivity index (χ3n) is 6.65. The smallest absolute Gasteiger partial charge is 0.390 e. The van der Waals surface area contributed by atoms with E-state index in [0.717, 1.165) is 49.5 Å². The monoisotopic (exact) mass is 662 g/mol. The fourth-order valence-electron chi connectivity index (χ4n) is 4.29. The predicted octanol–water partition coefficient (Wildman–Crippen LogP) is 4.66. The summed E-state index contributed by atoms with van der Waals surface area (Å²) in [4.78, 5) is 31.6. The zero-order chi connectivity index (χ0) is 33.5. The number of nitrogen functional groups attached to an aromatic ring is 1. The maximum absolute atomic E-state index is 13.1. The molecule has 256 valence electrons. The second-order valence-electron chi connectivity index (χ2n) is 10.4. The molecule has 0 aromatic carbocycles. The minimum Gasteiger partial charge on any atom is -0.390 e. The van der Waals surface area contributed by atoms with Crippen LogP contribution in [0.3, 0.4) is 0 Å². The quantitative estimate of drug-likeness (QED) is 0.0727. The average molecular weight is 663 g/mol. The number of nitrogens with one attached hydrogen (secondary N) is 2. The summed E-state index contributed by atoms with van der Waals surface area (Å²) in [6.45, 7) is 4.03. The Morgan fingerprint density at radius 2 is 1.67 bits per heavy atom. The van der Waals surface area contributed by atoms with Crippen LogP contribution in [0.15, 0.2) is 71.9 Å². The first-order valence-corrected chi connectivity index (χ1v) is 17.5. The van der Waals surface area contributed by atoms with Crippen molar-refractivity contribution in [3.63, 3.8) is 0 Å². The van der Waals surface area contributed by atoms with Gasteiger partial charge in [-0.2, -0.15) is 4.98 Å². The van der Waals surface area contributed by atoms with E-state index >= 15 is 0 Å². The van der Waals surface area contributed by atoms with E-state index in [4.69, 9.17) is 19.5 Å². The molecule has 2 rings (SSSR count). The van der Waals surface area contributed by atoms with Crippen molar-refractivity contribution < 1.29 is 28.3 Å². The van der Waals surface area contributed by atoms with Gasteiger partial charge in [-0.15, -0.1) is 0 Å². The molecule has 46 heavy (non-hydrogen) atoms. The Labute approximate surface area is 272 Å². The van der Waals surface area contributed by atoms with Crippen molar-refractivity contribution in [3.8, 4) is 0 Å². The molecule has 0 aliphatic carbocycles. The molecule has 0 spiro atoms. The standard InChI is InChI=1S/C32H51N6O7P/c1-3-5-6-7-8-9-10-11-12-13-14-15-16-17-18-19-20-21-29(40)34-22-23-36-46(42,43-4-2)44-25-28-27(39)24-30(45-28)38-26-35-31(33)37-32(38)41/h5-6,8-9,11-12,14-15,17-18,26-28,30,39H,3-4,7,10,13,16,19-25H2,1-2H3,(H,34,40)(H,36,42)(H2,33,37,41)/b6-5-,9-8-,12-11-,15-14-,18-17-/t27-,28+,30?,46?/m0/s1. The molecule has 14 heteroatoms. The van der Waals surface area contributed by atoms with Crippen LogP contribution in [0.4, 0.5) is 5.95 Å². The van der Waals surface area contributed by atoms with Gasteiger partial charge in [-0.1, -0.05) is 67.7 Å². The summed E-state index contributed by atoms with van der Waals surface area (Å²) in [6.07, 6.45) is 26.8. The summed E-state index contributed by atoms with van der Waals surface area (Å²) in [5, 5.41) is 15.9. The number of amides is 1. The molecule has 1 aliphatic rings. The van der Waals surface area contributed by atoms with Crippen molar-refractivity contribution in [1.82, 2.24) is 24.9 Å². The van der Waals surface area contributed by atoms with Crippen LogP contribution in [0.25, 0.3) is 0 Å². The first-order valence-electron chi connectivity index (χ1n) is 16.0. The topological polar surface area (TPSA) is 180 Å². The number of unbranched alkanes of at least 4 members (excludes halogenated alkanes) is 1. The van der Waals surface area contributed by atoms with E-state index in [9.17, 15) is 19.3 Å². The number of aliphatic hydroxyl groups excluding tert-OH is 1. The number of allylic oxidation sites excluding steroid dienone is 10.